The quantitative estimate of drug-likeness (QED) is 0.758. The smallest absolute Gasteiger partial charge is 0.142 e. The third kappa shape index (κ3) is 2.83. The first-order valence-corrected chi connectivity index (χ1v) is 8.37. The summed E-state index contributed by atoms with van der Waals surface area (Å²) in [5.41, 5.74) is 3.57. The molecule has 0 bridgehead atoms. The zero-order valence-corrected chi connectivity index (χ0v) is 13.8. The second-order valence-corrected chi connectivity index (χ2v) is 6.24. The fourth-order valence-corrected chi connectivity index (χ4v) is 3.47. The van der Waals surface area contributed by atoms with Crippen molar-refractivity contribution < 1.29 is 4.74 Å². The molecule has 3 aromatic rings. The van der Waals surface area contributed by atoms with Gasteiger partial charge in [0.2, 0.25) is 0 Å². The van der Waals surface area contributed by atoms with Crippen LogP contribution in [0, 0.1) is 0 Å². The van der Waals surface area contributed by atoms with Crippen molar-refractivity contribution in [2.75, 3.05) is 25.1 Å². The zero-order chi connectivity index (χ0) is 16.4. The van der Waals surface area contributed by atoms with E-state index in [2.05, 4.69) is 50.7 Å². The number of anilines is 1. The van der Waals surface area contributed by atoms with Crippen LogP contribution in [-0.2, 0) is 6.54 Å². The van der Waals surface area contributed by atoms with Crippen molar-refractivity contribution in [2.45, 2.75) is 19.0 Å². The lowest BCUT2D eigenvalue weighted by atomic mass is 10.1. The maximum Gasteiger partial charge on any atom is 0.142 e. The highest BCUT2D eigenvalue weighted by molar-refractivity contribution is 5.81. The van der Waals surface area contributed by atoms with Gasteiger partial charge in [-0.25, -0.2) is 0 Å². The minimum absolute atomic E-state index is 0.480. The molecule has 2 heterocycles. The van der Waals surface area contributed by atoms with Gasteiger partial charge in [-0.05, 0) is 24.1 Å². The van der Waals surface area contributed by atoms with E-state index in [1.807, 2.05) is 18.3 Å². The van der Waals surface area contributed by atoms with Crippen molar-refractivity contribution in [3.05, 3.63) is 54.2 Å². The van der Waals surface area contributed by atoms with Gasteiger partial charge in [-0.3, -0.25) is 5.10 Å². The van der Waals surface area contributed by atoms with Gasteiger partial charge >= 0.3 is 0 Å². The van der Waals surface area contributed by atoms with Gasteiger partial charge in [-0.1, -0.05) is 30.3 Å². The number of hydrogen-bond acceptors (Lipinski definition) is 4. The Morgan fingerprint density at radius 2 is 2.17 bits per heavy atom. The van der Waals surface area contributed by atoms with E-state index in [0.29, 0.717) is 6.04 Å². The summed E-state index contributed by atoms with van der Waals surface area (Å²) < 4.78 is 5.49. The number of methoxy groups -OCH3 is 1. The van der Waals surface area contributed by atoms with Crippen LogP contribution in [0.25, 0.3) is 10.9 Å². The highest BCUT2D eigenvalue weighted by Gasteiger charge is 2.24. The van der Waals surface area contributed by atoms with Crippen molar-refractivity contribution >= 4 is 16.6 Å². The molecule has 0 radical (unpaired) electrons. The number of nitrogens with one attached hydrogen (secondary N) is 2. The third-order valence-electron chi connectivity index (χ3n) is 4.76. The SMILES string of the molecule is COc1ccccc1N1CC[C@@H](NCc2cccc3cn[nH]c23)C1. The van der Waals surface area contributed by atoms with E-state index in [-0.39, 0.29) is 0 Å². The Labute approximate surface area is 141 Å². The van der Waals surface area contributed by atoms with Crippen LogP contribution in [-0.4, -0.2) is 36.4 Å². The lowest BCUT2D eigenvalue weighted by molar-refractivity contribution is 0.414. The highest BCUT2D eigenvalue weighted by Crippen LogP contribution is 2.30. The minimum Gasteiger partial charge on any atom is -0.495 e. The molecule has 5 nitrogen and oxygen atoms in total. The molecule has 1 aliphatic heterocycles. The van der Waals surface area contributed by atoms with E-state index in [1.165, 1.54) is 11.3 Å². The van der Waals surface area contributed by atoms with Gasteiger partial charge in [0, 0.05) is 31.1 Å². The molecule has 5 heteroatoms. The van der Waals surface area contributed by atoms with Gasteiger partial charge in [-0.2, -0.15) is 5.10 Å². The molecule has 1 atom stereocenters. The number of ether oxygens (including phenoxy) is 1. The standard InChI is InChI=1S/C19H22N4O/c1-24-18-8-3-2-7-17(18)23-10-9-16(13-23)20-11-14-5-4-6-15-12-21-22-19(14)15/h2-8,12,16,20H,9-11,13H2,1H3,(H,21,22)/t16-/m1/s1. The van der Waals surface area contributed by atoms with Crippen LogP contribution < -0.4 is 15.0 Å². The van der Waals surface area contributed by atoms with Crippen molar-refractivity contribution in [2.24, 2.45) is 0 Å². The number of aromatic nitrogens is 2. The van der Waals surface area contributed by atoms with E-state index < -0.39 is 0 Å². The zero-order valence-electron chi connectivity index (χ0n) is 13.8. The molecule has 0 unspecified atom stereocenters. The molecule has 4 rings (SSSR count). The van der Waals surface area contributed by atoms with E-state index in [9.17, 15) is 0 Å². The maximum absolute atomic E-state index is 5.49. The van der Waals surface area contributed by atoms with Crippen LogP contribution in [0.3, 0.4) is 0 Å². The molecule has 1 aliphatic rings. The summed E-state index contributed by atoms with van der Waals surface area (Å²) in [6.07, 6.45) is 3.01. The normalized spacial score (nSPS) is 17.5. The Kier molecular flexibility index (Phi) is 4.09. The highest BCUT2D eigenvalue weighted by atomic mass is 16.5. The summed E-state index contributed by atoms with van der Waals surface area (Å²) in [5.74, 6) is 0.945. The Balaban J connectivity index is 1.42. The summed E-state index contributed by atoms with van der Waals surface area (Å²) in [7, 11) is 1.73. The van der Waals surface area contributed by atoms with Crippen molar-refractivity contribution in [3.8, 4) is 5.75 Å². The summed E-state index contributed by atoms with van der Waals surface area (Å²) in [5, 5.41) is 12.1. The lowest BCUT2D eigenvalue weighted by Crippen LogP contribution is -2.32. The van der Waals surface area contributed by atoms with Crippen LogP contribution in [0.4, 0.5) is 5.69 Å². The molecular weight excluding hydrogens is 300 g/mol. The summed E-state index contributed by atoms with van der Waals surface area (Å²) >= 11 is 0. The number of benzene rings is 2. The fourth-order valence-electron chi connectivity index (χ4n) is 3.47. The first kappa shape index (κ1) is 15.0. The number of H-pyrrole nitrogens is 1. The molecule has 2 N–H and O–H groups in total. The molecule has 0 aliphatic carbocycles. The second-order valence-electron chi connectivity index (χ2n) is 6.24. The Bertz CT molecular complexity index is 829. The predicted octanol–water partition coefficient (Wildman–Crippen LogP) is 2.94. The maximum atomic E-state index is 5.49. The number of aromatic amines is 1. The number of para-hydroxylation sites is 3. The summed E-state index contributed by atoms with van der Waals surface area (Å²) in [4.78, 5) is 2.40. The second kappa shape index (κ2) is 6.53. The van der Waals surface area contributed by atoms with Gasteiger partial charge in [-0.15, -0.1) is 0 Å². The first-order valence-electron chi connectivity index (χ1n) is 8.37. The van der Waals surface area contributed by atoms with Crippen molar-refractivity contribution in [1.29, 1.82) is 0 Å². The molecule has 0 amide bonds. The van der Waals surface area contributed by atoms with Crippen LogP contribution >= 0.6 is 0 Å². The average Bonchev–Trinajstić information content (AvgIpc) is 3.29. The Morgan fingerprint density at radius 1 is 1.25 bits per heavy atom. The monoisotopic (exact) mass is 322 g/mol. The van der Waals surface area contributed by atoms with Crippen LogP contribution in [0.5, 0.6) is 5.75 Å². The van der Waals surface area contributed by atoms with E-state index in [1.54, 1.807) is 7.11 Å². The largest absolute Gasteiger partial charge is 0.495 e. The van der Waals surface area contributed by atoms with E-state index >= 15 is 0 Å². The van der Waals surface area contributed by atoms with Gasteiger partial charge in [0.1, 0.15) is 5.75 Å². The molecule has 2 aromatic carbocycles. The molecule has 1 saturated heterocycles. The first-order chi connectivity index (χ1) is 11.8. The predicted molar refractivity (Wildman–Crippen MR) is 96.5 cm³/mol. The summed E-state index contributed by atoms with van der Waals surface area (Å²) in [6, 6.07) is 15.0. The molecule has 24 heavy (non-hydrogen) atoms. The molecule has 0 saturated carbocycles. The molecular formula is C19H22N4O. The minimum atomic E-state index is 0.480. The van der Waals surface area contributed by atoms with Crippen LogP contribution in [0.1, 0.15) is 12.0 Å². The van der Waals surface area contributed by atoms with Crippen LogP contribution in [0.15, 0.2) is 48.7 Å². The topological polar surface area (TPSA) is 53.2 Å². The molecule has 0 spiro atoms. The van der Waals surface area contributed by atoms with E-state index in [4.69, 9.17) is 4.74 Å². The number of hydrogen-bond donors (Lipinski definition) is 2. The van der Waals surface area contributed by atoms with Crippen LogP contribution in [0.2, 0.25) is 0 Å². The third-order valence-corrected chi connectivity index (χ3v) is 4.76. The lowest BCUT2D eigenvalue weighted by Gasteiger charge is -2.21. The number of nitrogens with zero attached hydrogens (tertiary/aromatic N) is 2. The molecule has 1 fully saturated rings. The van der Waals surface area contributed by atoms with Gasteiger partial charge in [0.25, 0.3) is 0 Å². The summed E-state index contributed by atoms with van der Waals surface area (Å²) in [6.45, 7) is 2.90. The van der Waals surface area contributed by atoms with Crippen molar-refractivity contribution in [3.63, 3.8) is 0 Å². The number of rotatable bonds is 5. The number of fused-ring (bicyclic) bond motifs is 1. The Morgan fingerprint density at radius 3 is 3.08 bits per heavy atom. The molecule has 124 valence electrons. The molecule has 1 aromatic heterocycles. The fraction of sp³-hybridized carbons (Fsp3) is 0.316. The van der Waals surface area contributed by atoms with E-state index in [0.717, 1.165) is 42.7 Å². The van der Waals surface area contributed by atoms with Gasteiger partial charge in [0.05, 0.1) is 24.5 Å². The van der Waals surface area contributed by atoms with Gasteiger partial charge in [0.15, 0.2) is 0 Å². The van der Waals surface area contributed by atoms with Crippen molar-refractivity contribution in [1.82, 2.24) is 15.5 Å². The van der Waals surface area contributed by atoms with Gasteiger partial charge < -0.3 is 15.0 Å². The Hall–Kier alpha value is -2.53. The average molecular weight is 322 g/mol.